The van der Waals surface area contributed by atoms with Crippen molar-refractivity contribution in [1.29, 1.82) is 0 Å². The van der Waals surface area contributed by atoms with Gasteiger partial charge in [0, 0.05) is 29.9 Å². The Kier molecular flexibility index (Phi) is 10.3. The Bertz CT molecular complexity index is 1100. The highest BCUT2D eigenvalue weighted by Gasteiger charge is 2.30. The summed E-state index contributed by atoms with van der Waals surface area (Å²) >= 11 is 0. The number of hydrogen-bond acceptors (Lipinski definition) is 8. The van der Waals surface area contributed by atoms with Gasteiger partial charge < -0.3 is 47.7 Å². The van der Waals surface area contributed by atoms with Gasteiger partial charge in [-0.05, 0) is 18.1 Å². The van der Waals surface area contributed by atoms with Crippen LogP contribution in [0.25, 0.3) is 10.9 Å². The van der Waals surface area contributed by atoms with Crippen LogP contribution in [-0.4, -0.2) is 87.3 Å². The number of para-hydroxylation sites is 1. The molecule has 1 aromatic heterocycles. The Hall–Kier alpha value is -4.01. The van der Waals surface area contributed by atoms with Gasteiger partial charge in [-0.25, -0.2) is 4.79 Å². The van der Waals surface area contributed by atoms with Gasteiger partial charge in [-0.3, -0.25) is 19.2 Å². The predicted molar refractivity (Wildman–Crippen MR) is 126 cm³/mol. The Morgan fingerprint density at radius 2 is 1.50 bits per heavy atom. The maximum Gasteiger partial charge on any atom is 0.326 e. The molecule has 0 saturated heterocycles. The molecule has 2 aromatic rings. The molecule has 0 spiro atoms. The summed E-state index contributed by atoms with van der Waals surface area (Å²) in [5.41, 5.74) is 11.9. The summed E-state index contributed by atoms with van der Waals surface area (Å²) < 4.78 is 0. The van der Waals surface area contributed by atoms with Crippen molar-refractivity contribution in [2.45, 2.75) is 43.4 Å². The molecular weight excluding hydrogens is 476 g/mol. The van der Waals surface area contributed by atoms with E-state index < -0.39 is 67.0 Å². The lowest BCUT2D eigenvalue weighted by Crippen LogP contribution is -2.58. The van der Waals surface area contributed by atoms with E-state index in [9.17, 15) is 34.2 Å². The van der Waals surface area contributed by atoms with Crippen LogP contribution >= 0.6 is 0 Å². The highest BCUT2D eigenvalue weighted by atomic mass is 16.4. The molecule has 1 heterocycles. The minimum Gasteiger partial charge on any atom is -0.480 e. The van der Waals surface area contributed by atoms with Crippen molar-refractivity contribution < 1.29 is 39.3 Å². The molecule has 0 fully saturated rings. The van der Waals surface area contributed by atoms with E-state index in [0.717, 1.165) is 10.9 Å². The van der Waals surface area contributed by atoms with Crippen molar-refractivity contribution in [2.75, 3.05) is 13.2 Å². The molecule has 1 aromatic carbocycles. The van der Waals surface area contributed by atoms with Crippen molar-refractivity contribution in [3.63, 3.8) is 0 Å². The fourth-order valence-corrected chi connectivity index (χ4v) is 3.38. The van der Waals surface area contributed by atoms with Gasteiger partial charge in [0.25, 0.3) is 0 Å². The molecular formula is C22H30N6O8. The first-order chi connectivity index (χ1) is 17.1. The van der Waals surface area contributed by atoms with Crippen LogP contribution in [0.15, 0.2) is 30.5 Å². The maximum atomic E-state index is 12.9. The number of carbonyl (C=O) groups is 5. The number of aliphatic carboxylic acids is 1. The summed E-state index contributed by atoms with van der Waals surface area (Å²) in [6.45, 7) is -1.57. The van der Waals surface area contributed by atoms with Gasteiger partial charge in [-0.15, -0.1) is 0 Å². The van der Waals surface area contributed by atoms with Gasteiger partial charge >= 0.3 is 5.97 Å². The van der Waals surface area contributed by atoms with E-state index in [1.165, 1.54) is 0 Å². The number of H-pyrrole nitrogens is 1. The van der Waals surface area contributed by atoms with E-state index in [2.05, 4.69) is 20.9 Å². The zero-order valence-electron chi connectivity index (χ0n) is 19.3. The number of nitrogens with one attached hydrogen (secondary N) is 4. The minimum absolute atomic E-state index is 0.0735. The molecule has 0 radical (unpaired) electrons. The largest absolute Gasteiger partial charge is 0.480 e. The van der Waals surface area contributed by atoms with E-state index in [1.807, 2.05) is 12.1 Å². The number of hydrogen-bond donors (Lipinski definition) is 9. The van der Waals surface area contributed by atoms with Crippen LogP contribution < -0.4 is 27.4 Å². The average Bonchev–Trinajstić information content (AvgIpc) is 3.26. The van der Waals surface area contributed by atoms with Crippen LogP contribution in [0.5, 0.6) is 0 Å². The Morgan fingerprint density at radius 1 is 0.889 bits per heavy atom. The number of amides is 4. The number of benzene rings is 1. The predicted octanol–water partition coefficient (Wildman–Crippen LogP) is -3.17. The third-order valence-corrected chi connectivity index (χ3v) is 5.37. The van der Waals surface area contributed by atoms with Crippen molar-refractivity contribution in [2.24, 2.45) is 11.5 Å². The van der Waals surface area contributed by atoms with Crippen LogP contribution in [0.4, 0.5) is 0 Å². The SMILES string of the molecule is NC(=O)CCC(NC(=O)C(CO)NC(=O)C(N)CO)C(=O)NC(Cc1c[nH]c2ccccc12)C(=O)O. The monoisotopic (exact) mass is 506 g/mol. The Labute approximate surface area is 205 Å². The molecule has 0 aliphatic carbocycles. The van der Waals surface area contributed by atoms with Crippen LogP contribution in [0.1, 0.15) is 18.4 Å². The van der Waals surface area contributed by atoms with Gasteiger partial charge in [0.2, 0.25) is 23.6 Å². The van der Waals surface area contributed by atoms with Crippen LogP contribution in [0, 0.1) is 0 Å². The first-order valence-corrected chi connectivity index (χ1v) is 11.0. The van der Waals surface area contributed by atoms with Crippen molar-refractivity contribution in [1.82, 2.24) is 20.9 Å². The number of aromatic nitrogens is 1. The summed E-state index contributed by atoms with van der Waals surface area (Å²) in [4.78, 5) is 63.5. The molecule has 0 aliphatic heterocycles. The zero-order valence-corrected chi connectivity index (χ0v) is 19.3. The summed E-state index contributed by atoms with van der Waals surface area (Å²) in [5, 5.41) is 35.6. The summed E-state index contributed by atoms with van der Waals surface area (Å²) in [7, 11) is 0. The van der Waals surface area contributed by atoms with Crippen molar-refractivity contribution in [3.8, 4) is 0 Å². The molecule has 2 rings (SSSR count). The van der Waals surface area contributed by atoms with Crippen LogP contribution in [0.3, 0.4) is 0 Å². The number of carboxylic acids is 1. The average molecular weight is 507 g/mol. The normalized spacial score (nSPS) is 14.3. The number of rotatable bonds is 14. The molecule has 4 amide bonds. The van der Waals surface area contributed by atoms with Crippen LogP contribution in [0.2, 0.25) is 0 Å². The fourth-order valence-electron chi connectivity index (χ4n) is 3.38. The molecule has 0 saturated carbocycles. The van der Waals surface area contributed by atoms with Gasteiger partial charge in [0.05, 0.1) is 13.2 Å². The summed E-state index contributed by atoms with van der Waals surface area (Å²) in [6, 6.07) is 1.54. The highest BCUT2D eigenvalue weighted by Crippen LogP contribution is 2.19. The number of carboxylic acid groups (broad SMARTS) is 1. The molecule has 11 N–H and O–H groups in total. The van der Waals surface area contributed by atoms with E-state index in [0.29, 0.717) is 5.56 Å². The number of fused-ring (bicyclic) bond motifs is 1. The number of aromatic amines is 1. The van der Waals surface area contributed by atoms with E-state index in [-0.39, 0.29) is 19.3 Å². The minimum atomic E-state index is -1.53. The fraction of sp³-hybridized carbons (Fsp3) is 0.409. The van der Waals surface area contributed by atoms with Gasteiger partial charge in [0.1, 0.15) is 24.2 Å². The number of carbonyl (C=O) groups excluding carboxylic acids is 4. The molecule has 14 nitrogen and oxygen atoms in total. The first kappa shape index (κ1) is 28.2. The Balaban J connectivity index is 2.15. The second-order valence-corrected chi connectivity index (χ2v) is 8.06. The molecule has 14 heteroatoms. The summed E-state index contributed by atoms with van der Waals surface area (Å²) in [5.74, 6) is -4.92. The van der Waals surface area contributed by atoms with Gasteiger partial charge in [0.15, 0.2) is 0 Å². The topological polar surface area (TPSA) is 250 Å². The van der Waals surface area contributed by atoms with Crippen molar-refractivity contribution in [3.05, 3.63) is 36.0 Å². The lowest BCUT2D eigenvalue weighted by molar-refractivity contribution is -0.142. The number of primary amides is 1. The van der Waals surface area contributed by atoms with E-state index in [1.54, 1.807) is 18.3 Å². The van der Waals surface area contributed by atoms with Crippen LogP contribution in [-0.2, 0) is 30.4 Å². The van der Waals surface area contributed by atoms with Crippen molar-refractivity contribution >= 4 is 40.5 Å². The Morgan fingerprint density at radius 3 is 2.11 bits per heavy atom. The zero-order chi connectivity index (χ0) is 26.8. The summed E-state index contributed by atoms with van der Waals surface area (Å²) in [6.07, 6.45) is 0.972. The second-order valence-electron chi connectivity index (χ2n) is 8.06. The van der Waals surface area contributed by atoms with E-state index >= 15 is 0 Å². The van der Waals surface area contributed by atoms with Gasteiger partial charge in [-0.2, -0.15) is 0 Å². The maximum absolute atomic E-state index is 12.9. The molecule has 0 bridgehead atoms. The highest BCUT2D eigenvalue weighted by molar-refractivity contribution is 5.94. The number of nitrogens with two attached hydrogens (primary N) is 2. The first-order valence-electron chi connectivity index (χ1n) is 11.0. The second kappa shape index (κ2) is 13.2. The molecule has 4 unspecified atom stereocenters. The standard InChI is InChI=1S/C22H30N6O8/c23-13(9-29)19(32)28-17(10-30)21(34)26-15(5-6-18(24)31)20(33)27-16(22(35)36)7-11-8-25-14-4-2-1-3-12(11)14/h1-4,8,13,15-17,25,29-30H,5-7,9-10,23H2,(H2,24,31)(H,26,34)(H,27,33)(H,28,32)(H,35,36). The number of aliphatic hydroxyl groups excluding tert-OH is 2. The molecule has 0 aliphatic rings. The molecule has 4 atom stereocenters. The van der Waals surface area contributed by atoms with E-state index in [4.69, 9.17) is 16.6 Å². The number of aliphatic hydroxyl groups is 2. The van der Waals surface area contributed by atoms with Gasteiger partial charge in [-0.1, -0.05) is 18.2 Å². The smallest absolute Gasteiger partial charge is 0.326 e. The third kappa shape index (κ3) is 7.76. The quantitative estimate of drug-likeness (QED) is 0.125. The third-order valence-electron chi connectivity index (χ3n) is 5.37. The lowest BCUT2D eigenvalue weighted by atomic mass is 10.0. The lowest BCUT2D eigenvalue weighted by Gasteiger charge is -2.24. The molecule has 36 heavy (non-hydrogen) atoms. The molecule has 196 valence electrons.